The number of anilines is 3. The van der Waals surface area contributed by atoms with Crippen molar-refractivity contribution < 1.29 is 22.7 Å². The number of rotatable bonds is 9. The van der Waals surface area contributed by atoms with Crippen LogP contribution in [-0.4, -0.2) is 54.5 Å². The van der Waals surface area contributed by atoms with Gasteiger partial charge >= 0.3 is 5.97 Å². The molecule has 0 bridgehead atoms. The van der Waals surface area contributed by atoms with Crippen LogP contribution < -0.4 is 14.5 Å². The number of fused-ring (bicyclic) bond motifs is 1. The maximum absolute atomic E-state index is 13.8. The van der Waals surface area contributed by atoms with Gasteiger partial charge in [0.25, 0.3) is 0 Å². The van der Waals surface area contributed by atoms with E-state index in [1.165, 1.54) is 7.11 Å². The molecule has 2 aromatic rings. The summed E-state index contributed by atoms with van der Waals surface area (Å²) < 4.78 is 38.1. The molecule has 1 aliphatic heterocycles. The summed E-state index contributed by atoms with van der Waals surface area (Å²) in [5, 5.41) is 0. The second kappa shape index (κ2) is 10.7. The zero-order valence-corrected chi connectivity index (χ0v) is 21.7. The number of esters is 1. The number of carbonyl (C=O) groups excluding carboxylic acids is 1. The van der Waals surface area contributed by atoms with Gasteiger partial charge in [-0.3, -0.25) is 0 Å². The fourth-order valence-corrected chi connectivity index (χ4v) is 6.71. The van der Waals surface area contributed by atoms with Crippen LogP contribution in [-0.2, 0) is 19.4 Å². The van der Waals surface area contributed by atoms with Crippen molar-refractivity contribution in [2.45, 2.75) is 44.4 Å². The third-order valence-corrected chi connectivity index (χ3v) is 8.58. The fourth-order valence-electron chi connectivity index (χ4n) is 4.54. The highest BCUT2D eigenvalue weighted by Crippen LogP contribution is 2.47. The van der Waals surface area contributed by atoms with Gasteiger partial charge in [0.15, 0.2) is 16.4 Å². The summed E-state index contributed by atoms with van der Waals surface area (Å²) in [4.78, 5) is 15.9. The van der Waals surface area contributed by atoms with Gasteiger partial charge in [0, 0.05) is 37.8 Å². The van der Waals surface area contributed by atoms with Crippen LogP contribution in [0.15, 0.2) is 47.4 Å². The summed E-state index contributed by atoms with van der Waals surface area (Å²) in [5.41, 5.74) is 1.89. The van der Waals surface area contributed by atoms with Gasteiger partial charge in [-0.05, 0) is 31.0 Å². The van der Waals surface area contributed by atoms with Crippen molar-refractivity contribution in [3.05, 3.63) is 42.5 Å². The number of unbranched alkanes of at least 4 members (excludes halogenated alkanes) is 1. The van der Waals surface area contributed by atoms with Crippen LogP contribution in [0.3, 0.4) is 0 Å². The smallest absolute Gasteiger partial charge is 0.343 e. The Kier molecular flexibility index (Phi) is 8.13. The highest BCUT2D eigenvalue weighted by atomic mass is 32.2. The molecule has 0 aliphatic carbocycles. The summed E-state index contributed by atoms with van der Waals surface area (Å²) >= 11 is 0. The normalized spacial score (nSPS) is 19.1. The van der Waals surface area contributed by atoms with Crippen molar-refractivity contribution >= 4 is 32.9 Å². The average molecular weight is 489 g/mol. The van der Waals surface area contributed by atoms with Gasteiger partial charge in [0.05, 0.1) is 29.1 Å². The monoisotopic (exact) mass is 488 g/mol. The quantitative estimate of drug-likeness (QED) is 0.469. The predicted molar refractivity (Wildman–Crippen MR) is 136 cm³/mol. The number of nitrogens with zero attached hydrogens (tertiary/aromatic N) is 2. The number of methoxy groups -OCH3 is 1. The maximum Gasteiger partial charge on any atom is 0.343 e. The molecule has 2 aromatic carbocycles. The Hall–Kier alpha value is -2.74. The second-order valence-corrected chi connectivity index (χ2v) is 11.1. The van der Waals surface area contributed by atoms with Gasteiger partial charge in [-0.2, -0.15) is 0 Å². The van der Waals surface area contributed by atoms with Crippen molar-refractivity contribution in [2.24, 2.45) is 5.41 Å². The number of para-hydroxylation sites is 1. The van der Waals surface area contributed by atoms with Gasteiger partial charge in [-0.25, -0.2) is 13.2 Å². The van der Waals surface area contributed by atoms with Crippen molar-refractivity contribution in [1.82, 2.24) is 0 Å². The minimum atomic E-state index is -3.63. The van der Waals surface area contributed by atoms with Crippen LogP contribution in [0.4, 0.5) is 17.1 Å². The molecule has 0 spiro atoms. The Bertz CT molecular complexity index is 1100. The Morgan fingerprint density at radius 3 is 2.44 bits per heavy atom. The lowest BCUT2D eigenvalue weighted by molar-refractivity contribution is -0.142. The summed E-state index contributed by atoms with van der Waals surface area (Å²) in [6.07, 6.45) is 3.58. The van der Waals surface area contributed by atoms with Crippen molar-refractivity contribution in [2.75, 3.05) is 49.9 Å². The molecule has 1 unspecified atom stereocenters. The van der Waals surface area contributed by atoms with Crippen LogP contribution in [0.2, 0.25) is 0 Å². The van der Waals surface area contributed by atoms with Gasteiger partial charge in [-0.15, -0.1) is 0 Å². The van der Waals surface area contributed by atoms with Gasteiger partial charge in [0.1, 0.15) is 5.75 Å². The lowest BCUT2D eigenvalue weighted by Crippen LogP contribution is -2.37. The molecule has 1 aliphatic rings. The van der Waals surface area contributed by atoms with E-state index in [0.29, 0.717) is 23.7 Å². The molecule has 1 atom stereocenters. The molecule has 0 aromatic heterocycles. The largest absolute Gasteiger partial charge is 0.480 e. The maximum atomic E-state index is 13.8. The Morgan fingerprint density at radius 2 is 1.85 bits per heavy atom. The van der Waals surface area contributed by atoms with Gasteiger partial charge in [0.2, 0.25) is 0 Å². The second-order valence-electron chi connectivity index (χ2n) is 9.18. The summed E-state index contributed by atoms with van der Waals surface area (Å²) in [5.74, 6) is -0.119. The van der Waals surface area contributed by atoms with E-state index in [9.17, 15) is 13.2 Å². The lowest BCUT2D eigenvalue weighted by Gasteiger charge is -2.36. The topological polar surface area (TPSA) is 76.2 Å². The van der Waals surface area contributed by atoms with Gasteiger partial charge in [-0.1, -0.05) is 44.9 Å². The van der Waals surface area contributed by atoms with E-state index in [1.807, 2.05) is 55.4 Å². The molecule has 186 valence electrons. The lowest BCUT2D eigenvalue weighted by atomic mass is 9.81. The molecule has 0 radical (unpaired) electrons. The number of sulfone groups is 1. The fraction of sp³-hybridized carbons (Fsp3) is 0.500. The third-order valence-electron chi connectivity index (χ3n) is 6.59. The predicted octanol–water partition coefficient (Wildman–Crippen LogP) is 4.82. The van der Waals surface area contributed by atoms with Crippen molar-refractivity contribution in [1.29, 1.82) is 0 Å². The first-order valence-corrected chi connectivity index (χ1v) is 13.4. The molecule has 34 heavy (non-hydrogen) atoms. The van der Waals surface area contributed by atoms with E-state index in [0.717, 1.165) is 31.4 Å². The van der Waals surface area contributed by atoms with E-state index >= 15 is 0 Å². The van der Waals surface area contributed by atoms with E-state index in [-0.39, 0.29) is 22.7 Å². The minimum Gasteiger partial charge on any atom is -0.480 e. The number of ether oxygens (including phenoxy) is 2. The first-order valence-electron chi connectivity index (χ1n) is 11.8. The molecule has 3 rings (SSSR count). The number of benzene rings is 2. The molecular weight excluding hydrogens is 452 g/mol. The Balaban J connectivity index is 2.24. The van der Waals surface area contributed by atoms with Crippen LogP contribution >= 0.6 is 0 Å². The molecule has 1 heterocycles. The zero-order valence-electron chi connectivity index (χ0n) is 20.8. The van der Waals surface area contributed by atoms with Crippen molar-refractivity contribution in [3.8, 4) is 5.75 Å². The van der Waals surface area contributed by atoms with E-state index in [1.54, 1.807) is 6.07 Å². The number of carbonyl (C=O) groups is 1. The van der Waals surface area contributed by atoms with E-state index in [2.05, 4.69) is 18.7 Å². The van der Waals surface area contributed by atoms with Gasteiger partial charge < -0.3 is 19.3 Å². The highest BCUT2D eigenvalue weighted by molar-refractivity contribution is 7.91. The molecule has 0 saturated heterocycles. The highest BCUT2D eigenvalue weighted by Gasteiger charge is 2.42. The Labute approximate surface area is 203 Å². The standard InChI is InChI=1S/C26H36N2O5S/c1-6-8-14-26(7-2)18-28(20-12-10-9-11-13-20)22-15-21(27(3)4)23(33-17-25(29)32-5)16-24(22)34(30,31)19-26/h9-13,15-16H,6-8,14,17-19H2,1-5H3. The van der Waals surface area contributed by atoms with E-state index < -0.39 is 15.8 Å². The molecule has 0 N–H and O–H groups in total. The first-order chi connectivity index (χ1) is 16.2. The Morgan fingerprint density at radius 1 is 1.15 bits per heavy atom. The summed E-state index contributed by atoms with van der Waals surface area (Å²) in [6, 6.07) is 13.3. The van der Waals surface area contributed by atoms with Crippen LogP contribution in [0, 0.1) is 5.41 Å². The first kappa shape index (κ1) is 25.9. The minimum absolute atomic E-state index is 0.0740. The van der Waals surface area contributed by atoms with Crippen LogP contribution in [0.25, 0.3) is 0 Å². The molecule has 7 nitrogen and oxygen atoms in total. The number of hydrogen-bond acceptors (Lipinski definition) is 7. The average Bonchev–Trinajstić information content (AvgIpc) is 2.93. The number of hydrogen-bond donors (Lipinski definition) is 0. The molecule has 8 heteroatoms. The summed E-state index contributed by atoms with van der Waals surface area (Å²) in [6.45, 7) is 4.52. The molecule has 0 saturated carbocycles. The zero-order chi connectivity index (χ0) is 24.9. The van der Waals surface area contributed by atoms with Crippen molar-refractivity contribution in [3.63, 3.8) is 0 Å². The molecule has 0 amide bonds. The molecule has 0 fully saturated rings. The van der Waals surface area contributed by atoms with Crippen LogP contribution in [0.1, 0.15) is 39.5 Å². The SMILES string of the molecule is CCCCC1(CC)CN(c2ccccc2)c2cc(N(C)C)c(OCC(=O)OC)cc2S(=O)(=O)C1. The van der Waals surface area contributed by atoms with Crippen LogP contribution in [0.5, 0.6) is 5.75 Å². The summed E-state index contributed by atoms with van der Waals surface area (Å²) in [7, 11) is 1.38. The van der Waals surface area contributed by atoms with E-state index in [4.69, 9.17) is 9.47 Å². The third kappa shape index (κ3) is 5.49. The molecular formula is C26H36N2O5S.